The molecule has 1 aromatic carbocycles. The zero-order valence-corrected chi connectivity index (χ0v) is 11.5. The second kappa shape index (κ2) is 5.47. The molecule has 0 saturated carbocycles. The molecule has 0 aromatic heterocycles. The smallest absolute Gasteiger partial charge is 0.137 e. The molecule has 0 radical (unpaired) electrons. The van der Waals surface area contributed by atoms with Crippen molar-refractivity contribution in [1.29, 1.82) is 0 Å². The first-order valence-electron chi connectivity index (χ1n) is 6.27. The number of ether oxygens (including phenoxy) is 2. The van der Waals surface area contributed by atoms with Gasteiger partial charge in [-0.15, -0.1) is 0 Å². The van der Waals surface area contributed by atoms with Gasteiger partial charge in [0.25, 0.3) is 0 Å². The Morgan fingerprint density at radius 2 is 2.33 bits per heavy atom. The molecule has 100 valence electrons. The van der Waals surface area contributed by atoms with Crippen molar-refractivity contribution in [2.75, 3.05) is 13.7 Å². The molecule has 1 aliphatic heterocycles. The minimum Gasteiger partial charge on any atom is -0.495 e. The van der Waals surface area contributed by atoms with Crippen molar-refractivity contribution in [1.82, 2.24) is 0 Å². The Bertz CT molecular complexity index is 422. The summed E-state index contributed by atoms with van der Waals surface area (Å²) in [7, 11) is 1.58. The van der Waals surface area contributed by atoms with Gasteiger partial charge in [0, 0.05) is 12.8 Å². The van der Waals surface area contributed by atoms with Gasteiger partial charge in [0.05, 0.1) is 30.4 Å². The van der Waals surface area contributed by atoms with Crippen molar-refractivity contribution in [3.63, 3.8) is 0 Å². The maximum absolute atomic E-state index is 10.8. The number of halogens is 1. The van der Waals surface area contributed by atoms with Gasteiger partial charge in [0.1, 0.15) is 5.75 Å². The fourth-order valence-electron chi connectivity index (χ4n) is 2.41. The van der Waals surface area contributed by atoms with E-state index < -0.39 is 5.60 Å². The van der Waals surface area contributed by atoms with Crippen molar-refractivity contribution < 1.29 is 14.6 Å². The van der Waals surface area contributed by atoms with Crippen molar-refractivity contribution in [2.24, 2.45) is 0 Å². The van der Waals surface area contributed by atoms with Gasteiger partial charge >= 0.3 is 0 Å². The Morgan fingerprint density at radius 1 is 1.56 bits per heavy atom. The van der Waals surface area contributed by atoms with Crippen LogP contribution in [0.1, 0.15) is 31.7 Å². The van der Waals surface area contributed by atoms with Crippen LogP contribution < -0.4 is 4.74 Å². The molecule has 18 heavy (non-hydrogen) atoms. The van der Waals surface area contributed by atoms with Gasteiger partial charge in [0.2, 0.25) is 0 Å². The number of aliphatic hydroxyl groups is 1. The van der Waals surface area contributed by atoms with Gasteiger partial charge in [-0.05, 0) is 24.1 Å². The summed E-state index contributed by atoms with van der Waals surface area (Å²) < 4.78 is 10.8. The topological polar surface area (TPSA) is 38.7 Å². The van der Waals surface area contributed by atoms with Gasteiger partial charge < -0.3 is 14.6 Å². The van der Waals surface area contributed by atoms with Crippen molar-refractivity contribution in [3.8, 4) is 5.75 Å². The van der Waals surface area contributed by atoms with Gasteiger partial charge in [-0.1, -0.05) is 24.6 Å². The Balaban J connectivity index is 2.28. The second-order valence-electron chi connectivity index (χ2n) is 4.74. The Labute approximate surface area is 113 Å². The number of rotatable bonds is 3. The summed E-state index contributed by atoms with van der Waals surface area (Å²) in [6.07, 6.45) is 2.25. The predicted molar refractivity (Wildman–Crippen MR) is 71.2 cm³/mol. The lowest BCUT2D eigenvalue weighted by Crippen LogP contribution is -2.38. The first-order chi connectivity index (χ1) is 8.59. The summed E-state index contributed by atoms with van der Waals surface area (Å²) in [5.41, 5.74) is 0.0158. The molecule has 1 saturated heterocycles. The number of hydrogen-bond acceptors (Lipinski definition) is 3. The molecule has 1 N–H and O–H groups in total. The first kappa shape index (κ1) is 13.7. The minimum atomic E-state index is -0.837. The quantitative estimate of drug-likeness (QED) is 0.917. The third kappa shape index (κ3) is 2.63. The third-order valence-electron chi connectivity index (χ3n) is 3.58. The zero-order chi connectivity index (χ0) is 13.2. The van der Waals surface area contributed by atoms with E-state index in [1.807, 2.05) is 12.1 Å². The first-order valence-corrected chi connectivity index (χ1v) is 6.65. The summed E-state index contributed by atoms with van der Waals surface area (Å²) in [4.78, 5) is 0. The van der Waals surface area contributed by atoms with Gasteiger partial charge in [-0.3, -0.25) is 0 Å². The van der Waals surface area contributed by atoms with E-state index in [1.54, 1.807) is 13.2 Å². The lowest BCUT2D eigenvalue weighted by Gasteiger charge is -2.37. The highest BCUT2D eigenvalue weighted by molar-refractivity contribution is 6.32. The van der Waals surface area contributed by atoms with Crippen LogP contribution in [0, 0.1) is 0 Å². The van der Waals surface area contributed by atoms with Crippen LogP contribution in [0.2, 0.25) is 5.02 Å². The molecule has 0 amide bonds. The molecule has 1 aromatic rings. The Kier molecular flexibility index (Phi) is 4.15. The summed E-state index contributed by atoms with van der Waals surface area (Å²) in [6.45, 7) is 2.65. The highest BCUT2D eigenvalue weighted by atomic mass is 35.5. The lowest BCUT2D eigenvalue weighted by atomic mass is 9.83. The molecule has 0 aliphatic carbocycles. The SMILES string of the molecule is CCC1CC(O)(c2ccc(Cl)c(OC)c2)CCO1. The van der Waals surface area contributed by atoms with Crippen LogP contribution in [-0.2, 0) is 10.3 Å². The van der Waals surface area contributed by atoms with Crippen molar-refractivity contribution >= 4 is 11.6 Å². The maximum atomic E-state index is 10.8. The molecule has 3 nitrogen and oxygen atoms in total. The van der Waals surface area contributed by atoms with Crippen LogP contribution in [0.3, 0.4) is 0 Å². The van der Waals surface area contributed by atoms with Gasteiger partial charge in [-0.25, -0.2) is 0 Å². The lowest BCUT2D eigenvalue weighted by molar-refractivity contribution is -0.108. The van der Waals surface area contributed by atoms with E-state index in [9.17, 15) is 5.11 Å². The molecule has 1 aliphatic rings. The van der Waals surface area contributed by atoms with Crippen LogP contribution >= 0.6 is 11.6 Å². The molecule has 0 spiro atoms. The van der Waals surface area contributed by atoms with Crippen LogP contribution in [0.5, 0.6) is 5.75 Å². The van der Waals surface area contributed by atoms with Crippen LogP contribution in [0.15, 0.2) is 18.2 Å². The van der Waals surface area contributed by atoms with Crippen LogP contribution in [0.25, 0.3) is 0 Å². The van der Waals surface area contributed by atoms with Gasteiger partial charge in [0.15, 0.2) is 0 Å². The summed E-state index contributed by atoms with van der Waals surface area (Å²) in [5, 5.41) is 11.3. The van der Waals surface area contributed by atoms with Crippen LogP contribution in [-0.4, -0.2) is 24.9 Å². The molecule has 1 fully saturated rings. The molecule has 0 bridgehead atoms. The van der Waals surface area contributed by atoms with E-state index in [2.05, 4.69) is 6.92 Å². The number of benzene rings is 1. The largest absolute Gasteiger partial charge is 0.495 e. The molecular formula is C14H19ClO3. The third-order valence-corrected chi connectivity index (χ3v) is 3.89. The second-order valence-corrected chi connectivity index (χ2v) is 5.14. The minimum absolute atomic E-state index is 0.116. The van der Waals surface area contributed by atoms with E-state index in [1.165, 1.54) is 0 Å². The van der Waals surface area contributed by atoms with Gasteiger partial charge in [-0.2, -0.15) is 0 Å². The van der Waals surface area contributed by atoms with E-state index in [-0.39, 0.29) is 6.10 Å². The van der Waals surface area contributed by atoms with E-state index in [0.717, 1.165) is 12.0 Å². The Morgan fingerprint density at radius 3 is 3.00 bits per heavy atom. The molecule has 1 heterocycles. The standard InChI is InChI=1S/C14H19ClO3/c1-3-11-9-14(16,6-7-18-11)10-4-5-12(15)13(8-10)17-2/h4-5,8,11,16H,3,6-7,9H2,1-2H3. The monoisotopic (exact) mass is 270 g/mol. The normalized spacial score (nSPS) is 28.1. The summed E-state index contributed by atoms with van der Waals surface area (Å²) in [5.74, 6) is 0.599. The van der Waals surface area contributed by atoms with E-state index in [4.69, 9.17) is 21.1 Å². The molecule has 2 rings (SSSR count). The highest BCUT2D eigenvalue weighted by Gasteiger charge is 2.36. The molecule has 4 heteroatoms. The molecule has 2 atom stereocenters. The zero-order valence-electron chi connectivity index (χ0n) is 10.8. The average Bonchev–Trinajstić information content (AvgIpc) is 2.39. The fraction of sp³-hybridized carbons (Fsp3) is 0.571. The summed E-state index contributed by atoms with van der Waals surface area (Å²) in [6, 6.07) is 5.45. The number of hydrogen-bond donors (Lipinski definition) is 1. The van der Waals surface area contributed by atoms with Crippen molar-refractivity contribution in [3.05, 3.63) is 28.8 Å². The Hall–Kier alpha value is -0.770. The number of methoxy groups -OCH3 is 1. The molecular weight excluding hydrogens is 252 g/mol. The van der Waals surface area contributed by atoms with Crippen LogP contribution in [0.4, 0.5) is 0 Å². The highest BCUT2D eigenvalue weighted by Crippen LogP contribution is 2.38. The fourth-order valence-corrected chi connectivity index (χ4v) is 2.60. The summed E-state index contributed by atoms with van der Waals surface area (Å²) >= 11 is 6.01. The molecule has 2 unspecified atom stereocenters. The van der Waals surface area contributed by atoms with Crippen molar-refractivity contribution in [2.45, 2.75) is 37.9 Å². The average molecular weight is 271 g/mol. The van der Waals surface area contributed by atoms with E-state index >= 15 is 0 Å². The van der Waals surface area contributed by atoms with E-state index in [0.29, 0.717) is 30.2 Å². The predicted octanol–water partition coefficient (Wildman–Crippen LogP) is 3.13. The maximum Gasteiger partial charge on any atom is 0.137 e.